The normalized spacial score (nSPS) is 17.7. The van der Waals surface area contributed by atoms with Crippen LogP contribution in [0.5, 0.6) is 0 Å². The van der Waals surface area contributed by atoms with Gasteiger partial charge in [-0.15, -0.1) is 0 Å². The van der Waals surface area contributed by atoms with Crippen molar-refractivity contribution in [3.63, 3.8) is 0 Å². The number of rotatable bonds is 4. The summed E-state index contributed by atoms with van der Waals surface area (Å²) in [6, 6.07) is 5.15. The van der Waals surface area contributed by atoms with E-state index in [4.69, 9.17) is 11.6 Å². The number of aromatic carboxylic acids is 1. The molecule has 1 saturated carbocycles. The zero-order valence-electron chi connectivity index (χ0n) is 10.5. The second kappa shape index (κ2) is 5.19. The van der Waals surface area contributed by atoms with E-state index in [2.05, 4.69) is 12.2 Å². The molecule has 0 atom stereocenters. The first-order chi connectivity index (χ1) is 8.52. The Bertz CT molecular complexity index is 453. The van der Waals surface area contributed by atoms with Gasteiger partial charge < -0.3 is 10.4 Å². The molecular formula is C14H18ClNO2. The van der Waals surface area contributed by atoms with Crippen LogP contribution in [0, 0.1) is 5.41 Å². The van der Waals surface area contributed by atoms with Crippen LogP contribution in [0.15, 0.2) is 18.2 Å². The fraction of sp³-hybridized carbons (Fsp3) is 0.500. The summed E-state index contributed by atoms with van der Waals surface area (Å²) >= 11 is 5.93. The van der Waals surface area contributed by atoms with Gasteiger partial charge >= 0.3 is 5.97 Å². The Morgan fingerprint density at radius 3 is 2.72 bits per heavy atom. The summed E-state index contributed by atoms with van der Waals surface area (Å²) in [4.78, 5) is 11.2. The van der Waals surface area contributed by atoms with Crippen LogP contribution in [-0.4, -0.2) is 17.6 Å². The van der Waals surface area contributed by atoms with Gasteiger partial charge in [0.1, 0.15) is 5.56 Å². The van der Waals surface area contributed by atoms with Gasteiger partial charge in [0.15, 0.2) is 0 Å². The molecule has 3 nitrogen and oxygen atoms in total. The standard InChI is InChI=1S/C14H18ClNO2/c1-14(7-2-3-8-14)9-16-11-6-4-5-10(15)12(11)13(17)18/h4-6,16H,2-3,7-9H2,1H3,(H,17,18). The van der Waals surface area contributed by atoms with E-state index in [1.165, 1.54) is 25.7 Å². The minimum absolute atomic E-state index is 0.167. The lowest BCUT2D eigenvalue weighted by Crippen LogP contribution is -2.23. The lowest BCUT2D eigenvalue weighted by Gasteiger charge is -2.25. The topological polar surface area (TPSA) is 49.3 Å². The van der Waals surface area contributed by atoms with Gasteiger partial charge in [-0.3, -0.25) is 0 Å². The molecule has 2 N–H and O–H groups in total. The molecule has 18 heavy (non-hydrogen) atoms. The summed E-state index contributed by atoms with van der Waals surface area (Å²) in [6.45, 7) is 3.05. The maximum atomic E-state index is 11.2. The largest absolute Gasteiger partial charge is 0.478 e. The molecule has 4 heteroatoms. The Labute approximate surface area is 112 Å². The summed E-state index contributed by atoms with van der Waals surface area (Å²) in [5.74, 6) is -0.986. The Hall–Kier alpha value is -1.22. The van der Waals surface area contributed by atoms with Gasteiger partial charge in [-0.1, -0.05) is 37.4 Å². The Kier molecular flexibility index (Phi) is 3.81. The Morgan fingerprint density at radius 1 is 1.44 bits per heavy atom. The SMILES string of the molecule is CC1(CNc2cccc(Cl)c2C(=O)O)CCCC1. The monoisotopic (exact) mass is 267 g/mol. The number of halogens is 1. The van der Waals surface area contributed by atoms with E-state index in [0.29, 0.717) is 5.69 Å². The molecule has 1 aromatic rings. The van der Waals surface area contributed by atoms with Crippen LogP contribution in [-0.2, 0) is 0 Å². The molecule has 2 rings (SSSR count). The quantitative estimate of drug-likeness (QED) is 0.866. The minimum Gasteiger partial charge on any atom is -0.478 e. The van der Waals surface area contributed by atoms with E-state index >= 15 is 0 Å². The molecule has 0 amide bonds. The fourth-order valence-electron chi connectivity index (χ4n) is 2.60. The van der Waals surface area contributed by atoms with Crippen molar-refractivity contribution in [2.75, 3.05) is 11.9 Å². The second-order valence-electron chi connectivity index (χ2n) is 5.34. The van der Waals surface area contributed by atoms with E-state index < -0.39 is 5.97 Å². The third-order valence-corrected chi connectivity index (χ3v) is 4.06. The number of hydrogen-bond donors (Lipinski definition) is 2. The van der Waals surface area contributed by atoms with E-state index in [-0.39, 0.29) is 16.0 Å². The number of benzene rings is 1. The molecule has 98 valence electrons. The number of anilines is 1. The zero-order valence-corrected chi connectivity index (χ0v) is 11.3. The molecule has 0 heterocycles. The van der Waals surface area contributed by atoms with Crippen LogP contribution >= 0.6 is 11.6 Å². The predicted molar refractivity (Wildman–Crippen MR) is 73.5 cm³/mol. The van der Waals surface area contributed by atoms with Crippen molar-refractivity contribution in [2.45, 2.75) is 32.6 Å². The smallest absolute Gasteiger partial charge is 0.339 e. The summed E-state index contributed by atoms with van der Waals surface area (Å²) < 4.78 is 0. The van der Waals surface area contributed by atoms with Crippen LogP contribution < -0.4 is 5.32 Å². The predicted octanol–water partition coefficient (Wildman–Crippen LogP) is 4.03. The maximum absolute atomic E-state index is 11.2. The van der Waals surface area contributed by atoms with Crippen LogP contribution in [0.3, 0.4) is 0 Å². The van der Waals surface area contributed by atoms with E-state index in [1.807, 2.05) is 0 Å². The first-order valence-corrected chi connectivity index (χ1v) is 6.65. The highest BCUT2D eigenvalue weighted by atomic mass is 35.5. The highest BCUT2D eigenvalue weighted by Gasteiger charge is 2.28. The molecule has 0 radical (unpaired) electrons. The molecule has 0 bridgehead atoms. The Morgan fingerprint density at radius 2 is 2.11 bits per heavy atom. The molecule has 1 fully saturated rings. The summed E-state index contributed by atoms with van der Waals surface area (Å²) in [7, 11) is 0. The molecular weight excluding hydrogens is 250 g/mol. The first kappa shape index (κ1) is 13.2. The highest BCUT2D eigenvalue weighted by Crippen LogP contribution is 2.38. The zero-order chi connectivity index (χ0) is 13.2. The van der Waals surface area contributed by atoms with Gasteiger partial charge in [-0.2, -0.15) is 0 Å². The van der Waals surface area contributed by atoms with E-state index in [0.717, 1.165) is 6.54 Å². The van der Waals surface area contributed by atoms with Crippen molar-refractivity contribution in [3.8, 4) is 0 Å². The first-order valence-electron chi connectivity index (χ1n) is 6.27. The number of carboxylic acids is 1. The number of carboxylic acid groups (broad SMARTS) is 1. The average Bonchev–Trinajstić information content (AvgIpc) is 2.73. The lowest BCUT2D eigenvalue weighted by atomic mass is 9.89. The number of carbonyl (C=O) groups is 1. The van der Waals surface area contributed by atoms with Gasteiger partial charge in [0.25, 0.3) is 0 Å². The Balaban J connectivity index is 2.14. The van der Waals surface area contributed by atoms with Gasteiger partial charge in [-0.25, -0.2) is 4.79 Å². The molecule has 1 aromatic carbocycles. The molecule has 0 spiro atoms. The summed E-state index contributed by atoms with van der Waals surface area (Å²) in [5.41, 5.74) is 1.06. The van der Waals surface area contributed by atoms with E-state index in [1.54, 1.807) is 18.2 Å². The molecule has 0 unspecified atom stereocenters. The molecule has 0 aromatic heterocycles. The highest BCUT2D eigenvalue weighted by molar-refractivity contribution is 6.34. The molecule has 0 aliphatic heterocycles. The molecule has 0 saturated heterocycles. The lowest BCUT2D eigenvalue weighted by molar-refractivity contribution is 0.0698. The van der Waals surface area contributed by atoms with Gasteiger partial charge in [0.2, 0.25) is 0 Å². The van der Waals surface area contributed by atoms with Crippen LogP contribution in [0.2, 0.25) is 5.02 Å². The van der Waals surface area contributed by atoms with Crippen molar-refractivity contribution in [1.82, 2.24) is 0 Å². The van der Waals surface area contributed by atoms with Crippen LogP contribution in [0.25, 0.3) is 0 Å². The minimum atomic E-state index is -0.986. The van der Waals surface area contributed by atoms with Crippen LogP contribution in [0.1, 0.15) is 43.0 Å². The van der Waals surface area contributed by atoms with Crippen molar-refractivity contribution in [3.05, 3.63) is 28.8 Å². The summed E-state index contributed by atoms with van der Waals surface area (Å²) in [5, 5.41) is 12.7. The molecule has 1 aliphatic carbocycles. The number of hydrogen-bond acceptors (Lipinski definition) is 2. The summed E-state index contributed by atoms with van der Waals surface area (Å²) in [6.07, 6.45) is 4.92. The third-order valence-electron chi connectivity index (χ3n) is 3.74. The van der Waals surface area contributed by atoms with Gasteiger partial charge in [0, 0.05) is 6.54 Å². The van der Waals surface area contributed by atoms with Crippen molar-refractivity contribution >= 4 is 23.3 Å². The third kappa shape index (κ3) is 2.78. The molecule has 1 aliphatic rings. The van der Waals surface area contributed by atoms with Crippen molar-refractivity contribution in [2.24, 2.45) is 5.41 Å². The van der Waals surface area contributed by atoms with Crippen molar-refractivity contribution < 1.29 is 9.90 Å². The second-order valence-corrected chi connectivity index (χ2v) is 5.75. The van der Waals surface area contributed by atoms with Gasteiger partial charge in [0.05, 0.1) is 10.7 Å². The maximum Gasteiger partial charge on any atom is 0.339 e. The van der Waals surface area contributed by atoms with E-state index in [9.17, 15) is 9.90 Å². The van der Waals surface area contributed by atoms with Crippen molar-refractivity contribution in [1.29, 1.82) is 0 Å². The van der Waals surface area contributed by atoms with Gasteiger partial charge in [-0.05, 0) is 30.4 Å². The van der Waals surface area contributed by atoms with Crippen LogP contribution in [0.4, 0.5) is 5.69 Å². The average molecular weight is 268 g/mol. The fourth-order valence-corrected chi connectivity index (χ4v) is 2.86. The number of nitrogens with one attached hydrogen (secondary N) is 1.